The number of carbonyl (C=O) groups excluding carboxylic acids is 2. The molecule has 0 saturated heterocycles. The minimum absolute atomic E-state index is 0.0826. The molecule has 108 valence electrons. The molecule has 0 atom stereocenters. The van der Waals surface area contributed by atoms with Gasteiger partial charge in [0, 0.05) is 30.1 Å². The lowest BCUT2D eigenvalue weighted by molar-refractivity contribution is -0.136. The summed E-state index contributed by atoms with van der Waals surface area (Å²) in [4.78, 5) is 33.2. The molecule has 0 aliphatic rings. The zero-order valence-corrected chi connectivity index (χ0v) is 11.4. The third-order valence-corrected chi connectivity index (χ3v) is 2.66. The molecule has 20 heavy (non-hydrogen) atoms. The third kappa shape index (κ3) is 6.19. The predicted molar refractivity (Wildman–Crippen MR) is 73.7 cm³/mol. The van der Waals surface area contributed by atoms with Crippen LogP contribution in [0.5, 0.6) is 0 Å². The van der Waals surface area contributed by atoms with Gasteiger partial charge in [-0.3, -0.25) is 14.4 Å². The Hall–Kier alpha value is -2.08. The van der Waals surface area contributed by atoms with Gasteiger partial charge in [0.05, 0.1) is 6.42 Å². The highest BCUT2D eigenvalue weighted by atomic mass is 35.5. The molecule has 0 unspecified atom stereocenters. The summed E-state index contributed by atoms with van der Waals surface area (Å²) >= 11 is 5.71. The molecular formula is C13H15ClN2O4. The summed E-state index contributed by atoms with van der Waals surface area (Å²) in [6.07, 6.45) is -0.0260. The molecule has 3 N–H and O–H groups in total. The van der Waals surface area contributed by atoms with E-state index in [-0.39, 0.29) is 37.7 Å². The summed E-state index contributed by atoms with van der Waals surface area (Å²) in [5.41, 5.74) is 0.459. The second-order valence-electron chi connectivity index (χ2n) is 4.01. The van der Waals surface area contributed by atoms with E-state index in [0.717, 1.165) is 0 Å². The van der Waals surface area contributed by atoms with Crippen molar-refractivity contribution >= 4 is 29.4 Å². The van der Waals surface area contributed by atoms with E-state index in [1.807, 2.05) is 0 Å². The van der Waals surface area contributed by atoms with E-state index in [9.17, 15) is 14.4 Å². The molecule has 0 saturated carbocycles. The normalized spacial score (nSPS) is 9.85. The van der Waals surface area contributed by atoms with Gasteiger partial charge in [0.2, 0.25) is 5.91 Å². The first-order valence-electron chi connectivity index (χ1n) is 6.01. The van der Waals surface area contributed by atoms with E-state index >= 15 is 0 Å². The van der Waals surface area contributed by atoms with Gasteiger partial charge in [-0.1, -0.05) is 11.6 Å². The molecule has 0 radical (unpaired) electrons. The van der Waals surface area contributed by atoms with E-state index in [4.69, 9.17) is 16.7 Å². The molecule has 2 amide bonds. The maximum atomic E-state index is 11.7. The van der Waals surface area contributed by atoms with Gasteiger partial charge in [0.15, 0.2) is 0 Å². The summed E-state index contributed by atoms with van der Waals surface area (Å²) in [5, 5.41) is 14.0. The Morgan fingerprint density at radius 2 is 1.60 bits per heavy atom. The Morgan fingerprint density at radius 1 is 1.00 bits per heavy atom. The average Bonchev–Trinajstić information content (AvgIpc) is 2.39. The molecule has 0 aliphatic carbocycles. The van der Waals surface area contributed by atoms with Crippen molar-refractivity contribution < 1.29 is 19.5 Å². The Kier molecular flexibility index (Phi) is 6.52. The highest BCUT2D eigenvalue weighted by Gasteiger charge is 2.06. The number of amides is 2. The van der Waals surface area contributed by atoms with Crippen LogP contribution in [0.3, 0.4) is 0 Å². The van der Waals surface area contributed by atoms with Crippen LogP contribution < -0.4 is 10.6 Å². The van der Waals surface area contributed by atoms with Crippen LogP contribution in [0.15, 0.2) is 24.3 Å². The van der Waals surface area contributed by atoms with Gasteiger partial charge in [0.1, 0.15) is 0 Å². The van der Waals surface area contributed by atoms with Crippen LogP contribution in [0.4, 0.5) is 0 Å². The van der Waals surface area contributed by atoms with Gasteiger partial charge >= 0.3 is 5.97 Å². The van der Waals surface area contributed by atoms with Gasteiger partial charge in [-0.15, -0.1) is 0 Å². The molecule has 0 aliphatic heterocycles. The van der Waals surface area contributed by atoms with Crippen molar-refractivity contribution in [3.8, 4) is 0 Å². The lowest BCUT2D eigenvalue weighted by atomic mass is 10.2. The van der Waals surface area contributed by atoms with Crippen molar-refractivity contribution in [2.45, 2.75) is 12.8 Å². The van der Waals surface area contributed by atoms with Crippen molar-refractivity contribution in [2.75, 3.05) is 13.1 Å². The predicted octanol–water partition coefficient (Wildman–Crippen LogP) is 1.05. The molecule has 1 aromatic carbocycles. The third-order valence-electron chi connectivity index (χ3n) is 2.41. The number of hydrogen-bond donors (Lipinski definition) is 3. The molecule has 6 nitrogen and oxygen atoms in total. The quantitative estimate of drug-likeness (QED) is 0.701. The monoisotopic (exact) mass is 298 g/mol. The Morgan fingerprint density at radius 3 is 2.20 bits per heavy atom. The fraction of sp³-hybridized carbons (Fsp3) is 0.308. The average molecular weight is 299 g/mol. The Balaban J connectivity index is 2.23. The van der Waals surface area contributed by atoms with Crippen molar-refractivity contribution in [3.63, 3.8) is 0 Å². The fourth-order valence-electron chi connectivity index (χ4n) is 1.39. The lowest BCUT2D eigenvalue weighted by Crippen LogP contribution is -2.31. The zero-order valence-electron chi connectivity index (χ0n) is 10.7. The van der Waals surface area contributed by atoms with Crippen LogP contribution >= 0.6 is 11.6 Å². The van der Waals surface area contributed by atoms with Gasteiger partial charge in [0.25, 0.3) is 5.91 Å². The van der Waals surface area contributed by atoms with Crippen LogP contribution in [0, 0.1) is 0 Å². The molecule has 0 heterocycles. The summed E-state index contributed by atoms with van der Waals surface area (Å²) in [7, 11) is 0. The van der Waals surface area contributed by atoms with E-state index < -0.39 is 5.97 Å². The molecular weight excluding hydrogens is 284 g/mol. The highest BCUT2D eigenvalue weighted by molar-refractivity contribution is 6.30. The number of rotatable bonds is 7. The number of carboxylic acids is 1. The Bertz CT molecular complexity index is 488. The topological polar surface area (TPSA) is 95.5 Å². The molecule has 7 heteroatoms. The number of nitrogens with one attached hydrogen (secondary N) is 2. The summed E-state index contributed by atoms with van der Waals surface area (Å²) in [6, 6.07) is 6.39. The molecule has 1 aromatic rings. The van der Waals surface area contributed by atoms with Crippen LogP contribution in [0.25, 0.3) is 0 Å². The van der Waals surface area contributed by atoms with Crippen LogP contribution in [0.2, 0.25) is 5.02 Å². The van der Waals surface area contributed by atoms with Crippen LogP contribution in [-0.2, 0) is 9.59 Å². The van der Waals surface area contributed by atoms with Gasteiger partial charge < -0.3 is 15.7 Å². The van der Waals surface area contributed by atoms with E-state index in [1.54, 1.807) is 24.3 Å². The molecule has 1 rings (SSSR count). The van der Waals surface area contributed by atoms with Gasteiger partial charge in [-0.25, -0.2) is 0 Å². The maximum absolute atomic E-state index is 11.7. The van der Waals surface area contributed by atoms with Gasteiger partial charge in [-0.05, 0) is 24.3 Å². The zero-order chi connectivity index (χ0) is 15.0. The van der Waals surface area contributed by atoms with Crippen LogP contribution in [-0.4, -0.2) is 36.0 Å². The molecule has 0 fully saturated rings. The minimum Gasteiger partial charge on any atom is -0.481 e. The fourth-order valence-corrected chi connectivity index (χ4v) is 1.52. The van der Waals surface area contributed by atoms with Crippen molar-refractivity contribution in [2.24, 2.45) is 0 Å². The number of carbonyl (C=O) groups is 3. The number of halogens is 1. The maximum Gasteiger partial charge on any atom is 0.305 e. The second-order valence-corrected chi connectivity index (χ2v) is 4.44. The SMILES string of the molecule is O=C(O)CCNC(=O)CCNC(=O)c1ccc(Cl)cc1. The highest BCUT2D eigenvalue weighted by Crippen LogP contribution is 2.09. The van der Waals surface area contributed by atoms with Crippen LogP contribution in [0.1, 0.15) is 23.2 Å². The number of benzene rings is 1. The largest absolute Gasteiger partial charge is 0.481 e. The van der Waals surface area contributed by atoms with Crippen molar-refractivity contribution in [1.82, 2.24) is 10.6 Å². The molecule has 0 bridgehead atoms. The molecule has 0 spiro atoms. The number of hydrogen-bond acceptors (Lipinski definition) is 3. The first kappa shape index (κ1) is 16.0. The van der Waals surface area contributed by atoms with Crippen molar-refractivity contribution in [1.29, 1.82) is 0 Å². The standard InChI is InChI=1S/C13H15ClN2O4/c14-10-3-1-9(2-4-10)13(20)16-7-5-11(17)15-8-6-12(18)19/h1-4H,5-8H2,(H,15,17)(H,16,20)(H,18,19). The van der Waals surface area contributed by atoms with E-state index in [2.05, 4.69) is 10.6 Å². The lowest BCUT2D eigenvalue weighted by Gasteiger charge is -2.06. The first-order valence-corrected chi connectivity index (χ1v) is 6.39. The smallest absolute Gasteiger partial charge is 0.305 e. The summed E-state index contributed by atoms with van der Waals surface area (Å²) in [5.74, 6) is -1.57. The number of aliphatic carboxylic acids is 1. The van der Waals surface area contributed by atoms with E-state index in [0.29, 0.717) is 10.6 Å². The number of carboxylic acid groups (broad SMARTS) is 1. The van der Waals surface area contributed by atoms with E-state index in [1.165, 1.54) is 0 Å². The summed E-state index contributed by atoms with van der Waals surface area (Å²) in [6.45, 7) is 0.264. The van der Waals surface area contributed by atoms with Crippen molar-refractivity contribution in [3.05, 3.63) is 34.9 Å². The van der Waals surface area contributed by atoms with Gasteiger partial charge in [-0.2, -0.15) is 0 Å². The minimum atomic E-state index is -0.971. The second kappa shape index (κ2) is 8.16. The molecule has 0 aromatic heterocycles. The Labute approximate surface area is 121 Å². The summed E-state index contributed by atoms with van der Waals surface area (Å²) < 4.78 is 0. The first-order chi connectivity index (χ1) is 9.49.